The highest BCUT2D eigenvalue weighted by Gasteiger charge is 2.34. The van der Waals surface area contributed by atoms with Crippen molar-refractivity contribution in [2.75, 3.05) is 25.0 Å². The van der Waals surface area contributed by atoms with E-state index in [4.69, 9.17) is 4.74 Å². The number of para-hydroxylation sites is 1. The summed E-state index contributed by atoms with van der Waals surface area (Å²) in [5.41, 5.74) is 0.708. The molecule has 1 aliphatic rings. The molecule has 30 heavy (non-hydrogen) atoms. The largest absolute Gasteiger partial charge is 0.452 e. The molecule has 1 atom stereocenters. The monoisotopic (exact) mass is 431 g/mol. The highest BCUT2D eigenvalue weighted by Crippen LogP contribution is 2.25. The predicted octanol–water partition coefficient (Wildman–Crippen LogP) is 2.08. The molecule has 1 unspecified atom stereocenters. The van der Waals surface area contributed by atoms with Crippen LogP contribution in [0.25, 0.3) is 0 Å². The van der Waals surface area contributed by atoms with Gasteiger partial charge in [0.1, 0.15) is 4.90 Å². The van der Waals surface area contributed by atoms with Gasteiger partial charge in [0.15, 0.2) is 6.10 Å². The van der Waals surface area contributed by atoms with Gasteiger partial charge >= 0.3 is 5.97 Å². The number of ether oxygens (including phenoxy) is 1. The van der Waals surface area contributed by atoms with Gasteiger partial charge in [0.2, 0.25) is 10.0 Å². The first-order valence-electron chi connectivity index (χ1n) is 9.74. The van der Waals surface area contributed by atoms with Gasteiger partial charge in [-0.3, -0.25) is 14.6 Å². The Labute approximate surface area is 176 Å². The number of pyridine rings is 1. The van der Waals surface area contributed by atoms with Gasteiger partial charge in [-0.1, -0.05) is 18.2 Å². The van der Waals surface area contributed by atoms with Crippen LogP contribution >= 0.6 is 0 Å². The molecule has 1 fully saturated rings. The van der Waals surface area contributed by atoms with Crippen molar-refractivity contribution in [3.63, 3.8) is 0 Å². The number of benzene rings is 1. The molecule has 0 spiro atoms. The van der Waals surface area contributed by atoms with E-state index in [1.165, 1.54) is 27.7 Å². The number of likely N-dealkylation sites (N-methyl/N-ethyl adjacent to an activating group) is 1. The molecule has 0 saturated carbocycles. The van der Waals surface area contributed by atoms with Crippen LogP contribution in [0.4, 0.5) is 5.69 Å². The van der Waals surface area contributed by atoms with Crippen LogP contribution < -0.4 is 4.90 Å². The number of carbonyl (C=O) groups is 2. The Bertz CT molecular complexity index is 974. The van der Waals surface area contributed by atoms with Crippen LogP contribution in [-0.2, 0) is 24.3 Å². The molecule has 160 valence electrons. The van der Waals surface area contributed by atoms with Gasteiger partial charge in [0, 0.05) is 38.2 Å². The summed E-state index contributed by atoms with van der Waals surface area (Å²) in [6.45, 7) is 1.97. The summed E-state index contributed by atoms with van der Waals surface area (Å²) < 4.78 is 32.1. The lowest BCUT2D eigenvalue weighted by Gasteiger charge is -2.30. The average molecular weight is 432 g/mol. The Kier molecular flexibility index (Phi) is 6.84. The molecule has 0 N–H and O–H groups in total. The van der Waals surface area contributed by atoms with Crippen molar-refractivity contribution in [2.24, 2.45) is 5.92 Å². The third kappa shape index (κ3) is 4.85. The Morgan fingerprint density at radius 2 is 1.80 bits per heavy atom. The van der Waals surface area contributed by atoms with Crippen molar-refractivity contribution in [3.05, 3.63) is 54.9 Å². The van der Waals surface area contributed by atoms with E-state index in [0.717, 1.165) is 0 Å². The number of esters is 1. The van der Waals surface area contributed by atoms with Crippen LogP contribution in [0, 0.1) is 5.92 Å². The summed E-state index contributed by atoms with van der Waals surface area (Å²) >= 11 is 0. The van der Waals surface area contributed by atoms with Gasteiger partial charge in [-0.25, -0.2) is 8.42 Å². The van der Waals surface area contributed by atoms with Crippen LogP contribution in [0.15, 0.2) is 59.8 Å². The zero-order valence-corrected chi connectivity index (χ0v) is 17.8. The number of piperidine rings is 1. The van der Waals surface area contributed by atoms with Crippen LogP contribution in [-0.4, -0.2) is 55.8 Å². The fraction of sp³-hybridized carbons (Fsp3) is 0.381. The fourth-order valence-corrected chi connectivity index (χ4v) is 4.79. The molecule has 2 heterocycles. The molecule has 1 aromatic carbocycles. The van der Waals surface area contributed by atoms with Crippen LogP contribution in [0.5, 0.6) is 0 Å². The molecule has 8 nitrogen and oxygen atoms in total. The Morgan fingerprint density at radius 1 is 1.13 bits per heavy atom. The van der Waals surface area contributed by atoms with E-state index in [2.05, 4.69) is 4.98 Å². The first-order valence-corrected chi connectivity index (χ1v) is 11.2. The van der Waals surface area contributed by atoms with Crippen molar-refractivity contribution in [1.29, 1.82) is 0 Å². The summed E-state index contributed by atoms with van der Waals surface area (Å²) in [4.78, 5) is 30.5. The van der Waals surface area contributed by atoms with E-state index >= 15 is 0 Å². The van der Waals surface area contributed by atoms with E-state index in [-0.39, 0.29) is 23.9 Å². The number of amides is 1. The van der Waals surface area contributed by atoms with Crippen molar-refractivity contribution in [2.45, 2.75) is 30.8 Å². The number of nitrogens with zero attached hydrogens (tertiary/aromatic N) is 3. The third-order valence-corrected chi connectivity index (χ3v) is 7.06. The molecule has 2 aromatic rings. The van der Waals surface area contributed by atoms with Gasteiger partial charge < -0.3 is 9.64 Å². The van der Waals surface area contributed by atoms with Crippen molar-refractivity contribution in [3.8, 4) is 0 Å². The number of sulfonamides is 1. The minimum absolute atomic E-state index is 0.134. The zero-order chi connectivity index (χ0) is 21.7. The number of anilines is 1. The molecule has 1 saturated heterocycles. The van der Waals surface area contributed by atoms with Gasteiger partial charge in [-0.2, -0.15) is 4.31 Å². The minimum atomic E-state index is -3.63. The van der Waals surface area contributed by atoms with Crippen LogP contribution in [0.2, 0.25) is 0 Å². The summed E-state index contributed by atoms with van der Waals surface area (Å²) in [6, 6.07) is 12.2. The van der Waals surface area contributed by atoms with Gasteiger partial charge in [0.05, 0.1) is 5.92 Å². The lowest BCUT2D eigenvalue weighted by Crippen LogP contribution is -2.42. The number of rotatable bonds is 6. The highest BCUT2D eigenvalue weighted by molar-refractivity contribution is 7.89. The summed E-state index contributed by atoms with van der Waals surface area (Å²) in [5, 5.41) is 0. The molecular weight excluding hydrogens is 406 g/mol. The molecule has 0 radical (unpaired) electrons. The summed E-state index contributed by atoms with van der Waals surface area (Å²) in [5.74, 6) is -1.25. The summed E-state index contributed by atoms with van der Waals surface area (Å²) in [7, 11) is -2.00. The average Bonchev–Trinajstić information content (AvgIpc) is 2.79. The maximum Gasteiger partial charge on any atom is 0.309 e. The van der Waals surface area contributed by atoms with Gasteiger partial charge in [-0.15, -0.1) is 0 Å². The molecule has 0 bridgehead atoms. The maximum absolute atomic E-state index is 12.7. The molecule has 1 amide bonds. The molecule has 0 aliphatic carbocycles. The lowest BCUT2D eigenvalue weighted by molar-refractivity contribution is -0.159. The second kappa shape index (κ2) is 9.36. The second-order valence-electron chi connectivity index (χ2n) is 7.18. The quantitative estimate of drug-likeness (QED) is 0.650. The van der Waals surface area contributed by atoms with E-state index in [9.17, 15) is 18.0 Å². The maximum atomic E-state index is 12.7. The minimum Gasteiger partial charge on any atom is -0.452 e. The number of aromatic nitrogens is 1. The summed E-state index contributed by atoms with van der Waals surface area (Å²) in [6.07, 6.45) is 2.58. The number of hydrogen-bond donors (Lipinski definition) is 0. The highest BCUT2D eigenvalue weighted by atomic mass is 32.2. The Hall–Kier alpha value is -2.78. The fourth-order valence-electron chi connectivity index (χ4n) is 3.35. The van der Waals surface area contributed by atoms with Crippen molar-refractivity contribution in [1.82, 2.24) is 9.29 Å². The van der Waals surface area contributed by atoms with E-state index in [0.29, 0.717) is 18.5 Å². The van der Waals surface area contributed by atoms with Crippen LogP contribution in [0.3, 0.4) is 0 Å². The molecule has 1 aromatic heterocycles. The van der Waals surface area contributed by atoms with Gasteiger partial charge in [-0.05, 0) is 44.0 Å². The predicted molar refractivity (Wildman–Crippen MR) is 111 cm³/mol. The van der Waals surface area contributed by atoms with Crippen LogP contribution in [0.1, 0.15) is 19.8 Å². The van der Waals surface area contributed by atoms with Crippen molar-refractivity contribution >= 4 is 27.6 Å². The normalized spacial score (nSPS) is 16.6. The Morgan fingerprint density at radius 3 is 2.40 bits per heavy atom. The number of hydrogen-bond acceptors (Lipinski definition) is 6. The van der Waals surface area contributed by atoms with Gasteiger partial charge in [0.25, 0.3) is 5.91 Å². The van der Waals surface area contributed by atoms with E-state index in [1.807, 2.05) is 18.2 Å². The molecular formula is C21H25N3O5S. The smallest absolute Gasteiger partial charge is 0.309 e. The molecule has 3 rings (SSSR count). The second-order valence-corrected chi connectivity index (χ2v) is 9.12. The zero-order valence-electron chi connectivity index (χ0n) is 17.0. The first kappa shape index (κ1) is 21.9. The van der Waals surface area contributed by atoms with E-state index < -0.39 is 28.0 Å². The Balaban J connectivity index is 1.54. The third-order valence-electron chi connectivity index (χ3n) is 5.17. The molecule has 9 heteroatoms. The molecule has 1 aliphatic heterocycles. The SMILES string of the molecule is CC(OC(=O)C1CCN(S(=O)(=O)c2cccnc2)CC1)C(=O)N(C)c1ccccc1. The first-order chi connectivity index (χ1) is 14.3. The van der Waals surface area contributed by atoms with Crippen molar-refractivity contribution < 1.29 is 22.7 Å². The number of carbonyl (C=O) groups excluding carboxylic acids is 2. The standard InChI is InChI=1S/C21H25N3O5S/c1-16(20(25)23(2)18-7-4-3-5-8-18)29-21(26)17-10-13-24(14-11-17)30(27,28)19-9-6-12-22-15-19/h3-9,12,15-17H,10-11,13-14H2,1-2H3. The topological polar surface area (TPSA) is 96.9 Å². The van der Waals surface area contributed by atoms with E-state index in [1.54, 1.807) is 32.2 Å². The lowest BCUT2D eigenvalue weighted by atomic mass is 9.98.